The molecule has 0 aliphatic carbocycles. The summed E-state index contributed by atoms with van der Waals surface area (Å²) in [6.07, 6.45) is 3.40. The monoisotopic (exact) mass is 368 g/mol. The molecule has 0 saturated carbocycles. The minimum absolute atomic E-state index is 0.0491. The Morgan fingerprint density at radius 3 is 2.67 bits per heavy atom. The lowest BCUT2D eigenvalue weighted by atomic mass is 10.1. The molecule has 7 nitrogen and oxygen atoms in total. The number of rotatable bonds is 4. The number of benzene rings is 1. The number of piperidine rings is 1. The van der Waals surface area contributed by atoms with Gasteiger partial charge in [-0.05, 0) is 43.2 Å². The third kappa shape index (κ3) is 4.36. The van der Waals surface area contributed by atoms with Gasteiger partial charge in [0.1, 0.15) is 6.10 Å². The number of aromatic nitrogens is 2. The van der Waals surface area contributed by atoms with Gasteiger partial charge >= 0.3 is 0 Å². The first-order chi connectivity index (χ1) is 13.3. The van der Waals surface area contributed by atoms with Crippen LogP contribution in [0.1, 0.15) is 23.2 Å². The van der Waals surface area contributed by atoms with Gasteiger partial charge < -0.3 is 19.3 Å². The lowest BCUT2D eigenvalue weighted by Crippen LogP contribution is -2.44. The number of anilines is 1. The molecule has 2 saturated heterocycles. The molecule has 27 heavy (non-hydrogen) atoms. The summed E-state index contributed by atoms with van der Waals surface area (Å²) >= 11 is 0. The van der Waals surface area contributed by atoms with Crippen LogP contribution in [0.4, 0.5) is 5.69 Å². The maximum absolute atomic E-state index is 12.9. The number of morpholine rings is 1. The Morgan fingerprint density at radius 2 is 1.93 bits per heavy atom. The predicted molar refractivity (Wildman–Crippen MR) is 101 cm³/mol. The van der Waals surface area contributed by atoms with Crippen molar-refractivity contribution in [1.29, 1.82) is 0 Å². The average molecular weight is 368 g/mol. The Bertz CT molecular complexity index is 748. The first-order valence-electron chi connectivity index (χ1n) is 9.46. The first kappa shape index (κ1) is 17.7. The highest BCUT2D eigenvalue weighted by molar-refractivity contribution is 5.94. The quantitative estimate of drug-likeness (QED) is 0.822. The zero-order valence-electron chi connectivity index (χ0n) is 15.3. The van der Waals surface area contributed by atoms with Crippen molar-refractivity contribution >= 4 is 11.6 Å². The summed E-state index contributed by atoms with van der Waals surface area (Å²) in [7, 11) is 0. The zero-order valence-corrected chi connectivity index (χ0v) is 15.3. The lowest BCUT2D eigenvalue weighted by molar-refractivity contribution is 0.0525. The molecule has 1 amide bonds. The van der Waals surface area contributed by atoms with Gasteiger partial charge in [-0.3, -0.25) is 4.79 Å². The van der Waals surface area contributed by atoms with Gasteiger partial charge in [-0.15, -0.1) is 5.10 Å². The molecule has 0 N–H and O–H groups in total. The van der Waals surface area contributed by atoms with Crippen LogP contribution in [0.2, 0.25) is 0 Å². The van der Waals surface area contributed by atoms with Crippen LogP contribution in [0.25, 0.3) is 0 Å². The minimum atomic E-state index is -0.0491. The fourth-order valence-corrected chi connectivity index (χ4v) is 3.56. The number of likely N-dealkylation sites (tertiary alicyclic amines) is 1. The molecule has 1 atom stereocenters. The molecule has 2 aromatic rings. The first-order valence-corrected chi connectivity index (χ1v) is 9.46. The van der Waals surface area contributed by atoms with Crippen molar-refractivity contribution < 1.29 is 14.3 Å². The molecule has 1 aromatic carbocycles. The molecule has 0 radical (unpaired) electrons. The molecule has 2 aliphatic heterocycles. The normalized spacial score (nSPS) is 20.4. The fourth-order valence-electron chi connectivity index (χ4n) is 3.56. The van der Waals surface area contributed by atoms with Gasteiger partial charge in [0.15, 0.2) is 0 Å². The van der Waals surface area contributed by atoms with Crippen molar-refractivity contribution in [3.8, 4) is 5.88 Å². The van der Waals surface area contributed by atoms with Gasteiger partial charge in [0.05, 0.1) is 19.8 Å². The number of hydrogen-bond acceptors (Lipinski definition) is 6. The van der Waals surface area contributed by atoms with Crippen molar-refractivity contribution in [2.75, 3.05) is 44.3 Å². The molecule has 7 heteroatoms. The van der Waals surface area contributed by atoms with E-state index in [-0.39, 0.29) is 12.0 Å². The zero-order chi connectivity index (χ0) is 18.5. The summed E-state index contributed by atoms with van der Waals surface area (Å²) in [6, 6.07) is 11.5. The van der Waals surface area contributed by atoms with Crippen LogP contribution in [0.5, 0.6) is 5.88 Å². The highest BCUT2D eigenvalue weighted by atomic mass is 16.5. The van der Waals surface area contributed by atoms with Gasteiger partial charge in [-0.2, -0.15) is 5.10 Å². The summed E-state index contributed by atoms with van der Waals surface area (Å²) in [6.45, 7) is 4.61. The van der Waals surface area contributed by atoms with Crippen molar-refractivity contribution in [3.05, 3.63) is 48.2 Å². The van der Waals surface area contributed by atoms with Crippen LogP contribution < -0.4 is 9.64 Å². The van der Waals surface area contributed by atoms with E-state index >= 15 is 0 Å². The number of carbonyl (C=O) groups excluding carboxylic acids is 1. The van der Waals surface area contributed by atoms with E-state index in [1.54, 1.807) is 18.3 Å². The SMILES string of the molecule is O=C(c1ccc(N2CCOCC2)cc1)N1CCCC(Oc2cccnn2)C1. The van der Waals surface area contributed by atoms with E-state index in [1.165, 1.54) is 0 Å². The van der Waals surface area contributed by atoms with Crippen molar-refractivity contribution in [2.24, 2.45) is 0 Å². The van der Waals surface area contributed by atoms with Crippen molar-refractivity contribution in [3.63, 3.8) is 0 Å². The largest absolute Gasteiger partial charge is 0.471 e. The molecular weight excluding hydrogens is 344 g/mol. The molecule has 4 rings (SSSR count). The second kappa shape index (κ2) is 8.35. The van der Waals surface area contributed by atoms with Crippen LogP contribution in [0.15, 0.2) is 42.6 Å². The number of amides is 1. The maximum Gasteiger partial charge on any atom is 0.253 e. The number of nitrogens with zero attached hydrogens (tertiary/aromatic N) is 4. The molecule has 1 aromatic heterocycles. The van der Waals surface area contributed by atoms with Gasteiger partial charge in [0, 0.05) is 43.1 Å². The van der Waals surface area contributed by atoms with Crippen LogP contribution in [0.3, 0.4) is 0 Å². The molecular formula is C20H24N4O3. The van der Waals surface area contributed by atoms with E-state index in [1.807, 2.05) is 29.2 Å². The molecule has 0 spiro atoms. The Morgan fingerprint density at radius 1 is 1.11 bits per heavy atom. The molecule has 2 aliphatic rings. The number of hydrogen-bond donors (Lipinski definition) is 0. The average Bonchev–Trinajstić information content (AvgIpc) is 2.75. The Hall–Kier alpha value is -2.67. The minimum Gasteiger partial charge on any atom is -0.471 e. The molecule has 3 heterocycles. The lowest BCUT2D eigenvalue weighted by Gasteiger charge is -2.33. The predicted octanol–water partition coefficient (Wildman–Crippen LogP) is 2.00. The number of ether oxygens (including phenoxy) is 2. The number of carbonyl (C=O) groups is 1. The van der Waals surface area contributed by atoms with E-state index in [0.29, 0.717) is 18.0 Å². The van der Waals surface area contributed by atoms with E-state index < -0.39 is 0 Å². The molecule has 142 valence electrons. The molecule has 2 fully saturated rings. The van der Waals surface area contributed by atoms with E-state index in [2.05, 4.69) is 15.1 Å². The third-order valence-electron chi connectivity index (χ3n) is 4.99. The van der Waals surface area contributed by atoms with E-state index in [9.17, 15) is 4.79 Å². The highest BCUT2D eigenvalue weighted by Gasteiger charge is 2.26. The molecule has 0 bridgehead atoms. The fraction of sp³-hybridized carbons (Fsp3) is 0.450. The smallest absolute Gasteiger partial charge is 0.253 e. The maximum atomic E-state index is 12.9. The van der Waals surface area contributed by atoms with Gasteiger partial charge in [0.2, 0.25) is 5.88 Å². The summed E-state index contributed by atoms with van der Waals surface area (Å²) in [5.41, 5.74) is 1.85. The van der Waals surface area contributed by atoms with Gasteiger partial charge in [-0.1, -0.05) is 0 Å². The Kier molecular flexibility index (Phi) is 5.48. The summed E-state index contributed by atoms with van der Waals surface area (Å²) < 4.78 is 11.3. The van der Waals surface area contributed by atoms with Gasteiger partial charge in [-0.25, -0.2) is 0 Å². The summed E-state index contributed by atoms with van der Waals surface area (Å²) in [5, 5.41) is 7.80. The van der Waals surface area contributed by atoms with E-state index in [4.69, 9.17) is 9.47 Å². The second-order valence-corrected chi connectivity index (χ2v) is 6.84. The summed E-state index contributed by atoms with van der Waals surface area (Å²) in [4.78, 5) is 17.0. The van der Waals surface area contributed by atoms with Crippen LogP contribution in [-0.4, -0.2) is 66.5 Å². The van der Waals surface area contributed by atoms with Gasteiger partial charge in [0.25, 0.3) is 5.91 Å². The van der Waals surface area contributed by atoms with Crippen LogP contribution in [0, 0.1) is 0 Å². The standard InChI is InChI=1S/C20H24N4O3/c25-20(16-5-7-17(8-6-16)23-11-13-26-14-12-23)24-10-2-3-18(15-24)27-19-4-1-9-21-22-19/h1,4-9,18H,2-3,10-15H2. The van der Waals surface area contributed by atoms with Crippen LogP contribution in [-0.2, 0) is 4.74 Å². The van der Waals surface area contributed by atoms with Crippen LogP contribution >= 0.6 is 0 Å². The Labute approximate surface area is 158 Å². The van der Waals surface area contributed by atoms with Crippen molar-refractivity contribution in [2.45, 2.75) is 18.9 Å². The second-order valence-electron chi connectivity index (χ2n) is 6.84. The third-order valence-corrected chi connectivity index (χ3v) is 4.99. The van der Waals surface area contributed by atoms with E-state index in [0.717, 1.165) is 51.4 Å². The Balaban J connectivity index is 1.38. The summed E-state index contributed by atoms with van der Waals surface area (Å²) in [5.74, 6) is 0.558. The topological polar surface area (TPSA) is 67.8 Å². The van der Waals surface area contributed by atoms with Crippen molar-refractivity contribution in [1.82, 2.24) is 15.1 Å². The molecule has 1 unspecified atom stereocenters. The highest BCUT2D eigenvalue weighted by Crippen LogP contribution is 2.20.